The van der Waals surface area contributed by atoms with Gasteiger partial charge < -0.3 is 10.8 Å². The summed E-state index contributed by atoms with van der Waals surface area (Å²) >= 11 is 1.10. The third-order valence-electron chi connectivity index (χ3n) is 5.03. The molecule has 0 spiro atoms. The molecule has 0 radical (unpaired) electrons. The van der Waals surface area contributed by atoms with Crippen LogP contribution in [-0.2, 0) is 18.4 Å². The van der Waals surface area contributed by atoms with E-state index < -0.39 is 53.8 Å². The number of rotatable bonds is 5. The topological polar surface area (TPSA) is 146 Å². The van der Waals surface area contributed by atoms with E-state index in [1.807, 2.05) is 0 Å². The average Bonchev–Trinajstić information content (AvgIpc) is 2.90. The van der Waals surface area contributed by atoms with Gasteiger partial charge in [0.2, 0.25) is 0 Å². The number of nitrogens with one attached hydrogen (secondary N) is 1. The van der Waals surface area contributed by atoms with E-state index in [1.54, 1.807) is 13.8 Å². The molecule has 3 heterocycles. The zero-order valence-electron chi connectivity index (χ0n) is 15.4. The molecule has 1 aromatic heterocycles. The summed E-state index contributed by atoms with van der Waals surface area (Å²) in [6.45, 7) is 4.51. The Morgan fingerprint density at radius 3 is 2.86 bits per heavy atom. The van der Waals surface area contributed by atoms with E-state index in [2.05, 4.69) is 10.1 Å². The first-order chi connectivity index (χ1) is 13.0. The molecule has 2 saturated heterocycles. The smallest absolute Gasteiger partial charge is 0.406 e. The van der Waals surface area contributed by atoms with Crippen LogP contribution in [0.15, 0.2) is 17.1 Å². The van der Waals surface area contributed by atoms with E-state index >= 15 is 4.39 Å². The molecule has 10 nitrogen and oxygen atoms in total. The van der Waals surface area contributed by atoms with Crippen LogP contribution >= 0.6 is 19.5 Å². The Morgan fingerprint density at radius 2 is 2.29 bits per heavy atom. The predicted octanol–water partition coefficient (Wildman–Crippen LogP) is 1.39. The van der Waals surface area contributed by atoms with Gasteiger partial charge in [0, 0.05) is 6.20 Å². The number of fused-ring (bicyclic) bond motifs is 1. The fourth-order valence-corrected chi connectivity index (χ4v) is 6.61. The second-order valence-corrected chi connectivity index (χ2v) is 10.2. The Hall–Kier alpha value is -1.46. The fraction of sp³-hybridized carbons (Fsp3) is 0.667. The van der Waals surface area contributed by atoms with Gasteiger partial charge in [-0.2, -0.15) is 4.98 Å². The van der Waals surface area contributed by atoms with Crippen LogP contribution in [0.2, 0.25) is 0 Å². The molecule has 4 N–H and O–H groups in total. The molecule has 6 atom stereocenters. The molecule has 1 aromatic rings. The minimum Gasteiger partial charge on any atom is -0.480 e. The maximum Gasteiger partial charge on any atom is 0.406 e. The Morgan fingerprint density at radius 1 is 1.61 bits per heavy atom. The van der Waals surface area contributed by atoms with Gasteiger partial charge in [-0.05, 0) is 18.9 Å². The number of hydrogen-bond donors (Lipinski definition) is 3. The normalized spacial score (nSPS) is 34.8. The van der Waals surface area contributed by atoms with Crippen molar-refractivity contribution in [2.75, 3.05) is 12.3 Å². The number of nitrogens with zero attached hydrogens (tertiary/aromatic N) is 2. The Bertz CT molecular complexity index is 884. The number of thioether (sulfide) groups is 1. The molecular weight excluding hydrogens is 414 g/mol. The van der Waals surface area contributed by atoms with E-state index in [-0.39, 0.29) is 12.4 Å². The van der Waals surface area contributed by atoms with Gasteiger partial charge in [-0.15, -0.1) is 11.8 Å². The van der Waals surface area contributed by atoms with Crippen LogP contribution in [0.1, 0.15) is 26.1 Å². The van der Waals surface area contributed by atoms with Crippen LogP contribution < -0.4 is 16.5 Å². The van der Waals surface area contributed by atoms with Gasteiger partial charge in [-0.3, -0.25) is 18.4 Å². The minimum absolute atomic E-state index is 0.0204. The lowest BCUT2D eigenvalue weighted by molar-refractivity contribution is -0.145. The maximum atomic E-state index is 15.1. The number of carbonyl (C=O) groups is 1. The summed E-state index contributed by atoms with van der Waals surface area (Å²) in [6, 6.07) is 1.38. The van der Waals surface area contributed by atoms with Crippen LogP contribution in [0.25, 0.3) is 0 Å². The van der Waals surface area contributed by atoms with Gasteiger partial charge in [0.25, 0.3) is 0 Å². The van der Waals surface area contributed by atoms with Crippen molar-refractivity contribution in [1.29, 1.82) is 0 Å². The summed E-state index contributed by atoms with van der Waals surface area (Å²) in [5, 5.41) is 10.5. The van der Waals surface area contributed by atoms with E-state index in [9.17, 15) is 19.3 Å². The predicted molar refractivity (Wildman–Crippen MR) is 101 cm³/mol. The Balaban J connectivity index is 1.82. The number of aliphatic carboxylic acids is 1. The molecule has 2 aliphatic heterocycles. The molecule has 2 aliphatic rings. The first kappa shape index (κ1) is 21.3. The SMILES string of the molecule is CC(C)[C@](C)(NP1(=O)OC[C@H]2S[C@@H](n3ccc(N)nc3=O)[C@@H](F)[C@@H]2O1)C(=O)O. The monoisotopic (exact) mass is 436 g/mol. The van der Waals surface area contributed by atoms with Crippen molar-refractivity contribution in [1.82, 2.24) is 14.6 Å². The summed E-state index contributed by atoms with van der Waals surface area (Å²) in [4.78, 5) is 27.3. The molecule has 3 rings (SSSR count). The van der Waals surface area contributed by atoms with Crippen molar-refractivity contribution in [3.63, 3.8) is 0 Å². The first-order valence-corrected chi connectivity index (χ1v) is 11.1. The third-order valence-corrected chi connectivity index (χ3v) is 8.30. The number of halogens is 1. The van der Waals surface area contributed by atoms with Crippen molar-refractivity contribution in [3.05, 3.63) is 22.7 Å². The van der Waals surface area contributed by atoms with E-state index in [0.29, 0.717) is 0 Å². The average molecular weight is 436 g/mol. The van der Waals surface area contributed by atoms with Gasteiger partial charge in [-0.25, -0.2) is 18.8 Å². The summed E-state index contributed by atoms with van der Waals surface area (Å²) in [5.41, 5.74) is 3.15. The molecule has 13 heteroatoms. The summed E-state index contributed by atoms with van der Waals surface area (Å²) < 4.78 is 39.9. The highest BCUT2D eigenvalue weighted by Crippen LogP contribution is 2.58. The van der Waals surface area contributed by atoms with Crippen LogP contribution in [0, 0.1) is 5.92 Å². The number of carboxylic acid groups (broad SMARTS) is 1. The molecule has 2 fully saturated rings. The summed E-state index contributed by atoms with van der Waals surface area (Å²) in [7, 11) is -4.10. The van der Waals surface area contributed by atoms with Crippen molar-refractivity contribution in [3.8, 4) is 0 Å². The molecule has 0 saturated carbocycles. The molecule has 1 unspecified atom stereocenters. The maximum absolute atomic E-state index is 15.1. The Kier molecular flexibility index (Phi) is 5.63. The summed E-state index contributed by atoms with van der Waals surface area (Å²) in [6.07, 6.45) is -1.49. The highest BCUT2D eigenvalue weighted by atomic mass is 32.2. The van der Waals surface area contributed by atoms with Gasteiger partial charge in [0.05, 0.1) is 11.9 Å². The molecule has 0 bridgehead atoms. The first-order valence-electron chi connectivity index (χ1n) is 8.57. The second kappa shape index (κ2) is 7.42. The number of aromatic nitrogens is 2. The molecule has 0 aromatic carbocycles. The van der Waals surface area contributed by atoms with Gasteiger partial charge in [0.1, 0.15) is 22.8 Å². The second-order valence-electron chi connectivity index (χ2n) is 7.19. The lowest BCUT2D eigenvalue weighted by Gasteiger charge is -2.38. The lowest BCUT2D eigenvalue weighted by Crippen LogP contribution is -2.54. The van der Waals surface area contributed by atoms with Crippen LogP contribution in [0.5, 0.6) is 0 Å². The quantitative estimate of drug-likeness (QED) is 0.579. The lowest BCUT2D eigenvalue weighted by atomic mass is 9.90. The number of nitrogen functional groups attached to an aromatic ring is 1. The molecule has 156 valence electrons. The number of carboxylic acids is 1. The van der Waals surface area contributed by atoms with Crippen molar-refractivity contribution >= 4 is 31.3 Å². The van der Waals surface area contributed by atoms with E-state index in [4.69, 9.17) is 14.8 Å². The molecular formula is C15H22FN4O6PS. The van der Waals surface area contributed by atoms with E-state index in [0.717, 1.165) is 16.3 Å². The van der Waals surface area contributed by atoms with Crippen molar-refractivity contribution in [2.45, 2.75) is 49.2 Å². The number of nitrogens with two attached hydrogens (primary N) is 1. The largest absolute Gasteiger partial charge is 0.480 e. The van der Waals surface area contributed by atoms with Gasteiger partial charge in [0.15, 0.2) is 6.17 Å². The van der Waals surface area contributed by atoms with Crippen LogP contribution in [0.4, 0.5) is 10.2 Å². The highest BCUT2D eigenvalue weighted by molar-refractivity contribution is 8.00. The molecule has 0 amide bonds. The van der Waals surface area contributed by atoms with Crippen LogP contribution in [-0.4, -0.2) is 50.3 Å². The zero-order chi connectivity index (χ0) is 20.9. The third kappa shape index (κ3) is 3.71. The zero-order valence-corrected chi connectivity index (χ0v) is 17.2. The van der Waals surface area contributed by atoms with Crippen molar-refractivity contribution in [2.24, 2.45) is 5.92 Å². The fourth-order valence-electron chi connectivity index (χ4n) is 2.93. The van der Waals surface area contributed by atoms with Gasteiger partial charge >= 0.3 is 19.4 Å². The minimum atomic E-state index is -4.10. The Labute approximate surface area is 164 Å². The molecule has 28 heavy (non-hydrogen) atoms. The van der Waals surface area contributed by atoms with Gasteiger partial charge in [-0.1, -0.05) is 13.8 Å². The van der Waals surface area contributed by atoms with Crippen LogP contribution in [0.3, 0.4) is 0 Å². The van der Waals surface area contributed by atoms with E-state index in [1.165, 1.54) is 19.2 Å². The standard InChI is InChI=1S/C15H22FN4O6PS/c1-7(2)15(3,13(21)22)19-27(24)25-6-8-11(26-27)10(16)12(28-8)20-5-4-9(17)18-14(20)23/h4-5,7-8,10-12H,6H2,1-3H3,(H,19,24)(H,21,22)(H2,17,18,23)/t8-,10+,11-,12-,15+,27?/m1/s1. The van der Waals surface area contributed by atoms with Crippen molar-refractivity contribution < 1.29 is 27.9 Å². The summed E-state index contributed by atoms with van der Waals surface area (Å²) in [5.74, 6) is -1.67. The molecule has 0 aliphatic carbocycles. The highest BCUT2D eigenvalue weighted by Gasteiger charge is 2.55. The number of hydrogen-bond acceptors (Lipinski definition) is 8. The number of alkyl halides is 1. The number of anilines is 1.